The zero-order valence-electron chi connectivity index (χ0n) is 7.92. The molecule has 0 amide bonds. The first-order valence-corrected chi connectivity index (χ1v) is 4.11. The van der Waals surface area contributed by atoms with Gasteiger partial charge in [0, 0.05) is 11.6 Å². The summed E-state index contributed by atoms with van der Waals surface area (Å²) in [4.78, 5) is 4.12. The van der Waals surface area contributed by atoms with E-state index in [1.165, 1.54) is 0 Å². The molecule has 0 aromatic carbocycles. The molecule has 0 saturated carbocycles. The van der Waals surface area contributed by atoms with Gasteiger partial charge in [0.25, 0.3) is 5.88 Å². The van der Waals surface area contributed by atoms with Crippen LogP contribution in [0.1, 0.15) is 11.1 Å². The van der Waals surface area contributed by atoms with Crippen molar-refractivity contribution in [1.82, 2.24) is 4.98 Å². The summed E-state index contributed by atoms with van der Waals surface area (Å²) < 4.78 is 10.5. The normalized spacial score (nSPS) is 10.7. The second kappa shape index (κ2) is 2.76. The van der Waals surface area contributed by atoms with Crippen molar-refractivity contribution in [3.05, 3.63) is 23.6 Å². The third kappa shape index (κ3) is 1.08. The van der Waals surface area contributed by atoms with E-state index in [4.69, 9.17) is 9.15 Å². The number of aryl methyl sites for hydroxylation is 2. The lowest BCUT2D eigenvalue weighted by Gasteiger charge is -2.00. The first-order chi connectivity index (χ1) is 6.24. The highest BCUT2D eigenvalue weighted by Crippen LogP contribution is 2.29. The Hall–Kier alpha value is -1.51. The van der Waals surface area contributed by atoms with Gasteiger partial charge in [-0.15, -0.1) is 0 Å². The number of furan rings is 1. The van der Waals surface area contributed by atoms with E-state index in [9.17, 15) is 0 Å². The van der Waals surface area contributed by atoms with Crippen LogP contribution < -0.4 is 4.74 Å². The molecule has 3 nitrogen and oxygen atoms in total. The van der Waals surface area contributed by atoms with E-state index in [-0.39, 0.29) is 0 Å². The molecule has 2 aromatic heterocycles. The Kier molecular flexibility index (Phi) is 1.72. The number of fused-ring (bicyclic) bond motifs is 1. The Bertz CT molecular complexity index is 445. The zero-order chi connectivity index (χ0) is 9.42. The van der Waals surface area contributed by atoms with Crippen molar-refractivity contribution in [1.29, 1.82) is 0 Å². The smallest absolute Gasteiger partial charge is 0.258 e. The fourth-order valence-electron chi connectivity index (χ4n) is 1.52. The predicted molar refractivity (Wildman–Crippen MR) is 50.0 cm³/mol. The third-order valence-electron chi connectivity index (χ3n) is 2.13. The molecule has 3 heteroatoms. The lowest BCUT2D eigenvalue weighted by atomic mass is 10.1. The highest BCUT2D eigenvalue weighted by Gasteiger charge is 2.11. The summed E-state index contributed by atoms with van der Waals surface area (Å²) in [6, 6.07) is 0. The Morgan fingerprint density at radius 1 is 1.31 bits per heavy atom. The number of nitrogens with zero attached hydrogens (tertiary/aromatic N) is 1. The fourth-order valence-corrected chi connectivity index (χ4v) is 1.52. The van der Waals surface area contributed by atoms with Crippen LogP contribution in [0.4, 0.5) is 0 Å². The maximum atomic E-state index is 5.36. The number of hydrogen-bond donors (Lipinski definition) is 0. The van der Waals surface area contributed by atoms with Crippen LogP contribution in [0, 0.1) is 13.8 Å². The van der Waals surface area contributed by atoms with Crippen LogP contribution >= 0.6 is 0 Å². The number of hydrogen-bond acceptors (Lipinski definition) is 3. The van der Waals surface area contributed by atoms with Crippen molar-refractivity contribution in [3.8, 4) is 5.88 Å². The van der Waals surface area contributed by atoms with Gasteiger partial charge in [0.1, 0.15) is 0 Å². The number of ether oxygens (including phenoxy) is 1. The second-order valence-corrected chi connectivity index (χ2v) is 3.07. The van der Waals surface area contributed by atoms with E-state index in [1.54, 1.807) is 19.6 Å². The highest BCUT2D eigenvalue weighted by atomic mass is 16.5. The quantitative estimate of drug-likeness (QED) is 0.671. The first kappa shape index (κ1) is 8.10. The molecule has 0 aliphatic rings. The summed E-state index contributed by atoms with van der Waals surface area (Å²) in [6.07, 6.45) is 3.52. The number of rotatable bonds is 1. The van der Waals surface area contributed by atoms with Crippen LogP contribution in [-0.2, 0) is 0 Å². The zero-order valence-corrected chi connectivity index (χ0v) is 7.92. The van der Waals surface area contributed by atoms with Gasteiger partial charge in [-0.25, -0.2) is 4.98 Å². The summed E-state index contributed by atoms with van der Waals surface area (Å²) in [6.45, 7) is 4.02. The van der Waals surface area contributed by atoms with Crippen LogP contribution in [0.5, 0.6) is 5.88 Å². The van der Waals surface area contributed by atoms with Gasteiger partial charge in [0.2, 0.25) is 0 Å². The molecular weight excluding hydrogens is 166 g/mol. The minimum Gasteiger partial charge on any atom is -0.478 e. The maximum Gasteiger partial charge on any atom is 0.258 e. The lowest BCUT2D eigenvalue weighted by Crippen LogP contribution is -1.89. The van der Waals surface area contributed by atoms with Crippen molar-refractivity contribution in [3.63, 3.8) is 0 Å². The monoisotopic (exact) mass is 177 g/mol. The average Bonchev–Trinajstić information content (AvgIpc) is 2.50. The topological polar surface area (TPSA) is 35.3 Å². The fraction of sp³-hybridized carbons (Fsp3) is 0.300. The van der Waals surface area contributed by atoms with Gasteiger partial charge in [-0.2, -0.15) is 0 Å². The first-order valence-electron chi connectivity index (χ1n) is 4.11. The Morgan fingerprint density at radius 2 is 2.08 bits per heavy atom. The standard InChI is InChI=1S/C10H11NO2/c1-6-4-11-10(12-3)9-8(6)7(2)5-13-9/h4-5H,1-3H3. The van der Waals surface area contributed by atoms with Gasteiger partial charge in [-0.05, 0) is 25.0 Å². The minimum absolute atomic E-state index is 0.550. The van der Waals surface area contributed by atoms with E-state index in [0.717, 1.165) is 22.1 Å². The molecule has 0 aliphatic heterocycles. The average molecular weight is 177 g/mol. The van der Waals surface area contributed by atoms with Gasteiger partial charge < -0.3 is 9.15 Å². The molecule has 0 aliphatic carbocycles. The van der Waals surface area contributed by atoms with Crippen LogP contribution in [0.3, 0.4) is 0 Å². The summed E-state index contributed by atoms with van der Waals surface area (Å²) >= 11 is 0. The molecule has 0 saturated heterocycles. The molecule has 2 aromatic rings. The summed E-state index contributed by atoms with van der Waals surface area (Å²) in [5, 5.41) is 1.10. The molecule has 0 N–H and O–H groups in total. The summed E-state index contributed by atoms with van der Waals surface area (Å²) in [5.74, 6) is 0.550. The number of aromatic nitrogens is 1. The van der Waals surface area contributed by atoms with Gasteiger partial charge in [-0.3, -0.25) is 0 Å². The predicted octanol–water partition coefficient (Wildman–Crippen LogP) is 2.45. The molecule has 2 heterocycles. The largest absolute Gasteiger partial charge is 0.478 e. The molecule has 0 radical (unpaired) electrons. The third-order valence-corrected chi connectivity index (χ3v) is 2.13. The van der Waals surface area contributed by atoms with E-state index in [1.807, 2.05) is 13.8 Å². The Labute approximate surface area is 76.3 Å². The van der Waals surface area contributed by atoms with Crippen LogP contribution in [-0.4, -0.2) is 12.1 Å². The summed E-state index contributed by atoms with van der Waals surface area (Å²) in [7, 11) is 1.59. The number of pyridine rings is 1. The lowest BCUT2D eigenvalue weighted by molar-refractivity contribution is 0.393. The van der Waals surface area contributed by atoms with Crippen molar-refractivity contribution >= 4 is 11.0 Å². The molecule has 68 valence electrons. The summed E-state index contributed by atoms with van der Waals surface area (Å²) in [5.41, 5.74) is 2.97. The number of methoxy groups -OCH3 is 1. The molecule has 0 bridgehead atoms. The van der Waals surface area contributed by atoms with Crippen LogP contribution in [0.25, 0.3) is 11.0 Å². The van der Waals surface area contributed by atoms with Gasteiger partial charge in [0.15, 0.2) is 5.58 Å². The molecule has 0 fully saturated rings. The van der Waals surface area contributed by atoms with Crippen molar-refractivity contribution in [2.45, 2.75) is 13.8 Å². The van der Waals surface area contributed by atoms with E-state index in [2.05, 4.69) is 4.98 Å². The van der Waals surface area contributed by atoms with Crippen molar-refractivity contribution in [2.24, 2.45) is 0 Å². The maximum absolute atomic E-state index is 5.36. The van der Waals surface area contributed by atoms with Gasteiger partial charge in [0.05, 0.1) is 13.4 Å². The highest BCUT2D eigenvalue weighted by molar-refractivity contribution is 5.87. The minimum atomic E-state index is 0.550. The Balaban J connectivity index is 2.87. The van der Waals surface area contributed by atoms with Gasteiger partial charge >= 0.3 is 0 Å². The molecule has 2 rings (SSSR count). The Morgan fingerprint density at radius 3 is 2.77 bits per heavy atom. The molecule has 0 spiro atoms. The molecular formula is C10H11NO2. The van der Waals surface area contributed by atoms with E-state index in [0.29, 0.717) is 5.88 Å². The van der Waals surface area contributed by atoms with Crippen LogP contribution in [0.2, 0.25) is 0 Å². The molecule has 13 heavy (non-hydrogen) atoms. The van der Waals surface area contributed by atoms with E-state index >= 15 is 0 Å². The molecule has 0 atom stereocenters. The van der Waals surface area contributed by atoms with E-state index < -0.39 is 0 Å². The molecule has 0 unspecified atom stereocenters. The second-order valence-electron chi connectivity index (χ2n) is 3.07. The van der Waals surface area contributed by atoms with Crippen LogP contribution in [0.15, 0.2) is 16.9 Å². The SMILES string of the molecule is COc1ncc(C)c2c(C)coc12. The van der Waals surface area contributed by atoms with Crippen molar-refractivity contribution in [2.75, 3.05) is 7.11 Å². The van der Waals surface area contributed by atoms with Crippen molar-refractivity contribution < 1.29 is 9.15 Å². The van der Waals surface area contributed by atoms with Gasteiger partial charge in [-0.1, -0.05) is 0 Å².